The van der Waals surface area contributed by atoms with Crippen molar-refractivity contribution in [3.8, 4) is 11.3 Å². The number of nitrogens with one attached hydrogen (secondary N) is 1. The Bertz CT molecular complexity index is 767. The first-order chi connectivity index (χ1) is 9.72. The Balaban J connectivity index is 1.89. The van der Waals surface area contributed by atoms with Crippen molar-refractivity contribution in [3.63, 3.8) is 0 Å². The van der Waals surface area contributed by atoms with Crippen LogP contribution in [0.25, 0.3) is 22.0 Å². The van der Waals surface area contributed by atoms with E-state index in [2.05, 4.69) is 34.2 Å². The van der Waals surface area contributed by atoms with Crippen LogP contribution in [0.3, 0.4) is 0 Å². The van der Waals surface area contributed by atoms with Gasteiger partial charge in [-0.2, -0.15) is 0 Å². The summed E-state index contributed by atoms with van der Waals surface area (Å²) in [5.41, 5.74) is 1.93. The average molecular weight is 284 g/mol. The number of aromatic nitrogens is 2. The van der Waals surface area contributed by atoms with Gasteiger partial charge in [-0.15, -0.1) is 0 Å². The van der Waals surface area contributed by atoms with Crippen LogP contribution in [0.1, 0.15) is 0 Å². The molecule has 0 fully saturated rings. The summed E-state index contributed by atoms with van der Waals surface area (Å²) in [5.74, 6) is -0.844. The molecular formula is C15H12N2O2S. The van der Waals surface area contributed by atoms with E-state index in [1.165, 1.54) is 22.5 Å². The van der Waals surface area contributed by atoms with Crippen molar-refractivity contribution < 1.29 is 9.90 Å². The monoisotopic (exact) mass is 284 g/mol. The van der Waals surface area contributed by atoms with Gasteiger partial charge < -0.3 is 10.1 Å². The number of aromatic amines is 1. The largest absolute Gasteiger partial charge is 0.481 e. The number of aliphatic carboxylic acids is 1. The Labute approximate surface area is 119 Å². The highest BCUT2D eigenvalue weighted by Crippen LogP contribution is 2.25. The molecule has 0 aliphatic rings. The first-order valence-corrected chi connectivity index (χ1v) is 7.10. The standard InChI is InChI=1S/C15H12N2O2S/c18-14(19)9-20-15-16-8-13(17-15)12-6-5-10-3-1-2-4-11(10)7-12/h1-8H,9H2,(H,16,17)(H,18,19). The zero-order valence-corrected chi connectivity index (χ0v) is 11.4. The summed E-state index contributed by atoms with van der Waals surface area (Å²) in [7, 11) is 0. The number of hydrogen-bond acceptors (Lipinski definition) is 3. The van der Waals surface area contributed by atoms with Crippen LogP contribution in [0, 0.1) is 0 Å². The van der Waals surface area contributed by atoms with Crippen LogP contribution in [0.5, 0.6) is 0 Å². The summed E-state index contributed by atoms with van der Waals surface area (Å²) in [6, 6.07) is 14.3. The molecule has 0 aliphatic heterocycles. The Hall–Kier alpha value is -2.27. The van der Waals surface area contributed by atoms with E-state index in [0.29, 0.717) is 5.16 Å². The van der Waals surface area contributed by atoms with Crippen molar-refractivity contribution in [1.29, 1.82) is 0 Å². The van der Waals surface area contributed by atoms with Crippen molar-refractivity contribution in [2.45, 2.75) is 5.16 Å². The molecule has 0 atom stereocenters. The molecule has 5 heteroatoms. The van der Waals surface area contributed by atoms with Crippen molar-refractivity contribution in [3.05, 3.63) is 48.7 Å². The smallest absolute Gasteiger partial charge is 0.313 e. The minimum atomic E-state index is -0.848. The molecule has 0 spiro atoms. The molecule has 4 nitrogen and oxygen atoms in total. The van der Waals surface area contributed by atoms with Gasteiger partial charge in [0.25, 0.3) is 0 Å². The average Bonchev–Trinajstić information content (AvgIpc) is 2.93. The van der Waals surface area contributed by atoms with Crippen LogP contribution < -0.4 is 0 Å². The lowest BCUT2D eigenvalue weighted by Gasteiger charge is -2.01. The molecule has 0 radical (unpaired) electrons. The van der Waals surface area contributed by atoms with E-state index in [1.807, 2.05) is 18.2 Å². The van der Waals surface area contributed by atoms with E-state index >= 15 is 0 Å². The number of thioether (sulfide) groups is 1. The molecule has 0 amide bonds. The molecule has 0 bridgehead atoms. The third kappa shape index (κ3) is 2.67. The normalized spacial score (nSPS) is 10.8. The molecule has 0 saturated carbocycles. The number of fused-ring (bicyclic) bond motifs is 1. The van der Waals surface area contributed by atoms with E-state index in [-0.39, 0.29) is 5.75 Å². The van der Waals surface area contributed by atoms with E-state index in [4.69, 9.17) is 5.11 Å². The van der Waals surface area contributed by atoms with Gasteiger partial charge in [0.15, 0.2) is 5.16 Å². The summed E-state index contributed by atoms with van der Waals surface area (Å²) >= 11 is 1.18. The maximum absolute atomic E-state index is 10.5. The molecule has 2 aromatic carbocycles. The fourth-order valence-corrected chi connectivity index (χ4v) is 2.58. The van der Waals surface area contributed by atoms with Gasteiger partial charge in [0.05, 0.1) is 17.6 Å². The van der Waals surface area contributed by atoms with E-state index in [9.17, 15) is 4.79 Å². The minimum absolute atomic E-state index is 0.00464. The van der Waals surface area contributed by atoms with Crippen molar-refractivity contribution in [2.24, 2.45) is 0 Å². The highest BCUT2D eigenvalue weighted by molar-refractivity contribution is 7.99. The summed E-state index contributed by atoms with van der Waals surface area (Å²) in [6.07, 6.45) is 1.73. The maximum Gasteiger partial charge on any atom is 0.313 e. The Morgan fingerprint density at radius 3 is 2.80 bits per heavy atom. The first-order valence-electron chi connectivity index (χ1n) is 6.11. The lowest BCUT2D eigenvalue weighted by atomic mass is 10.1. The summed E-state index contributed by atoms with van der Waals surface area (Å²) in [5, 5.41) is 11.6. The topological polar surface area (TPSA) is 66.0 Å². The molecule has 100 valence electrons. The minimum Gasteiger partial charge on any atom is -0.481 e. The molecule has 0 aliphatic carbocycles. The number of carboxylic acid groups (broad SMARTS) is 1. The van der Waals surface area contributed by atoms with Crippen LogP contribution in [0.2, 0.25) is 0 Å². The van der Waals surface area contributed by atoms with E-state index < -0.39 is 5.97 Å². The molecule has 20 heavy (non-hydrogen) atoms. The van der Waals surface area contributed by atoms with Gasteiger partial charge in [-0.05, 0) is 16.8 Å². The van der Waals surface area contributed by atoms with Crippen molar-refractivity contribution in [2.75, 3.05) is 5.75 Å². The highest BCUT2D eigenvalue weighted by Gasteiger charge is 2.06. The van der Waals surface area contributed by atoms with Gasteiger partial charge in [-0.3, -0.25) is 4.79 Å². The summed E-state index contributed by atoms with van der Waals surface area (Å²) in [6.45, 7) is 0. The van der Waals surface area contributed by atoms with Crippen molar-refractivity contribution in [1.82, 2.24) is 9.97 Å². The van der Waals surface area contributed by atoms with E-state index in [1.54, 1.807) is 6.20 Å². The number of imidazole rings is 1. The zero-order valence-electron chi connectivity index (χ0n) is 10.5. The molecule has 0 unspecified atom stereocenters. The van der Waals surface area contributed by atoms with Gasteiger partial charge in [-0.25, -0.2) is 4.98 Å². The van der Waals surface area contributed by atoms with Gasteiger partial charge in [0.2, 0.25) is 0 Å². The number of carboxylic acids is 1. The zero-order chi connectivity index (χ0) is 13.9. The van der Waals surface area contributed by atoms with Crippen LogP contribution >= 0.6 is 11.8 Å². The van der Waals surface area contributed by atoms with Crippen LogP contribution in [-0.4, -0.2) is 26.8 Å². The maximum atomic E-state index is 10.5. The molecule has 3 rings (SSSR count). The number of rotatable bonds is 4. The Kier molecular flexibility index (Phi) is 3.43. The second-order valence-corrected chi connectivity index (χ2v) is 5.31. The molecular weight excluding hydrogens is 272 g/mol. The number of carbonyl (C=O) groups is 1. The SMILES string of the molecule is O=C(O)CSc1ncc(-c2ccc3ccccc3c2)[nH]1. The fourth-order valence-electron chi connectivity index (χ4n) is 2.01. The molecule has 0 saturated heterocycles. The highest BCUT2D eigenvalue weighted by atomic mass is 32.2. The van der Waals surface area contributed by atoms with Crippen LogP contribution in [0.4, 0.5) is 0 Å². The Morgan fingerprint density at radius 1 is 1.20 bits per heavy atom. The first kappa shape index (κ1) is 12.7. The lowest BCUT2D eigenvalue weighted by molar-refractivity contribution is -0.133. The summed E-state index contributed by atoms with van der Waals surface area (Å²) < 4.78 is 0. The molecule has 1 aromatic heterocycles. The molecule has 2 N–H and O–H groups in total. The fraction of sp³-hybridized carbons (Fsp3) is 0.0667. The van der Waals surface area contributed by atoms with Gasteiger partial charge in [0, 0.05) is 5.56 Å². The predicted octanol–water partition coefficient (Wildman–Crippen LogP) is 3.41. The Morgan fingerprint density at radius 2 is 2.00 bits per heavy atom. The third-order valence-electron chi connectivity index (χ3n) is 2.95. The number of hydrogen-bond donors (Lipinski definition) is 2. The number of nitrogens with zero attached hydrogens (tertiary/aromatic N) is 1. The molecule has 1 heterocycles. The van der Waals surface area contributed by atoms with Gasteiger partial charge >= 0.3 is 5.97 Å². The van der Waals surface area contributed by atoms with Crippen LogP contribution in [0.15, 0.2) is 53.8 Å². The lowest BCUT2D eigenvalue weighted by Crippen LogP contribution is -1.97. The predicted molar refractivity (Wildman–Crippen MR) is 79.9 cm³/mol. The van der Waals surface area contributed by atoms with E-state index in [0.717, 1.165) is 11.3 Å². The number of benzene rings is 2. The second-order valence-electron chi connectivity index (χ2n) is 4.35. The quantitative estimate of drug-likeness (QED) is 0.721. The molecule has 3 aromatic rings. The van der Waals surface area contributed by atoms with Gasteiger partial charge in [-0.1, -0.05) is 48.2 Å². The summed E-state index contributed by atoms with van der Waals surface area (Å²) in [4.78, 5) is 17.9. The van der Waals surface area contributed by atoms with Gasteiger partial charge in [0.1, 0.15) is 0 Å². The second kappa shape index (κ2) is 5.38. The third-order valence-corrected chi connectivity index (χ3v) is 3.82. The van der Waals surface area contributed by atoms with Crippen LogP contribution in [-0.2, 0) is 4.79 Å². The number of H-pyrrole nitrogens is 1. The van der Waals surface area contributed by atoms with Crippen molar-refractivity contribution >= 4 is 28.5 Å².